The van der Waals surface area contributed by atoms with E-state index in [2.05, 4.69) is 6.92 Å². The van der Waals surface area contributed by atoms with Gasteiger partial charge in [0.25, 0.3) is 0 Å². The van der Waals surface area contributed by atoms with Crippen LogP contribution < -0.4 is 0 Å². The molecular formula is C10H19ClO2. The van der Waals surface area contributed by atoms with Gasteiger partial charge in [-0.15, -0.1) is 0 Å². The van der Waals surface area contributed by atoms with Crippen LogP contribution in [0.2, 0.25) is 0 Å². The van der Waals surface area contributed by atoms with Crippen LogP contribution >= 0.6 is 11.6 Å². The van der Waals surface area contributed by atoms with Crippen molar-refractivity contribution in [2.24, 2.45) is 0 Å². The maximum atomic E-state index is 10.3. The molecule has 0 unspecified atom stereocenters. The smallest absolute Gasteiger partial charge is 0.223 e. The molecule has 0 N–H and O–H groups in total. The highest BCUT2D eigenvalue weighted by molar-refractivity contribution is 6.63. The first kappa shape index (κ1) is 12.9. The minimum Gasteiger partial charge on any atom is -0.381 e. The summed E-state index contributed by atoms with van der Waals surface area (Å²) in [5.74, 6) is 0. The van der Waals surface area contributed by atoms with E-state index in [9.17, 15) is 4.79 Å². The second kappa shape index (κ2) is 10.0. The van der Waals surface area contributed by atoms with E-state index in [1.807, 2.05) is 0 Å². The monoisotopic (exact) mass is 206 g/mol. The molecule has 0 aliphatic heterocycles. The Labute approximate surface area is 85.6 Å². The summed E-state index contributed by atoms with van der Waals surface area (Å²) >= 11 is 5.14. The Bertz CT molecular complexity index is 126. The van der Waals surface area contributed by atoms with E-state index in [4.69, 9.17) is 16.3 Å². The Morgan fingerprint density at radius 2 is 1.85 bits per heavy atom. The number of rotatable bonds is 9. The molecule has 0 bridgehead atoms. The summed E-state index contributed by atoms with van der Waals surface area (Å²) in [5.41, 5.74) is 0. The number of ether oxygens (including phenoxy) is 1. The summed E-state index contributed by atoms with van der Waals surface area (Å²) in [5, 5.41) is -0.314. The third-order valence-corrected chi connectivity index (χ3v) is 2.02. The third-order valence-electron chi connectivity index (χ3n) is 1.84. The van der Waals surface area contributed by atoms with Crippen molar-refractivity contribution in [3.05, 3.63) is 0 Å². The Morgan fingerprint density at radius 3 is 2.46 bits per heavy atom. The van der Waals surface area contributed by atoms with Gasteiger partial charge >= 0.3 is 0 Å². The van der Waals surface area contributed by atoms with Crippen molar-refractivity contribution in [1.29, 1.82) is 0 Å². The zero-order chi connectivity index (χ0) is 9.94. The fourth-order valence-corrected chi connectivity index (χ4v) is 1.14. The normalized spacial score (nSPS) is 10.3. The molecule has 0 aromatic rings. The quantitative estimate of drug-likeness (QED) is 0.428. The number of carbonyl (C=O) groups excluding carboxylic acids is 1. The predicted octanol–water partition coefficient (Wildman–Crippen LogP) is 3.13. The van der Waals surface area contributed by atoms with E-state index in [0.717, 1.165) is 13.0 Å². The number of carbonyl (C=O) groups is 1. The Hall–Kier alpha value is -0.0800. The molecule has 0 aromatic heterocycles. The van der Waals surface area contributed by atoms with Gasteiger partial charge in [0.15, 0.2) is 0 Å². The highest BCUT2D eigenvalue weighted by Crippen LogP contribution is 2.02. The van der Waals surface area contributed by atoms with Crippen molar-refractivity contribution in [2.75, 3.05) is 13.2 Å². The van der Waals surface area contributed by atoms with E-state index in [0.29, 0.717) is 13.0 Å². The van der Waals surface area contributed by atoms with E-state index < -0.39 is 0 Å². The maximum absolute atomic E-state index is 10.3. The second-order valence-corrected chi connectivity index (χ2v) is 3.55. The summed E-state index contributed by atoms with van der Waals surface area (Å²) in [4.78, 5) is 10.3. The Balaban J connectivity index is 2.87. The molecule has 3 heteroatoms. The molecule has 0 aliphatic rings. The third kappa shape index (κ3) is 11.9. The summed E-state index contributed by atoms with van der Waals surface area (Å²) in [6.45, 7) is 3.42. The summed E-state index contributed by atoms with van der Waals surface area (Å²) in [7, 11) is 0. The molecule has 0 spiro atoms. The first-order valence-electron chi connectivity index (χ1n) is 5.03. The van der Waals surface area contributed by atoms with Crippen molar-refractivity contribution < 1.29 is 9.53 Å². The molecular weight excluding hydrogens is 188 g/mol. The lowest BCUT2D eigenvalue weighted by atomic mass is 10.2. The number of unbranched alkanes of at least 4 members (excludes halogenated alkanes) is 4. The standard InChI is InChI=1S/C10H19ClO2/c1-2-3-4-5-6-8-13-9-7-10(11)12/h2-9H2,1H3. The van der Waals surface area contributed by atoms with Gasteiger partial charge in [-0.1, -0.05) is 32.6 Å². The van der Waals surface area contributed by atoms with Gasteiger partial charge in [-0.3, -0.25) is 4.79 Å². The van der Waals surface area contributed by atoms with Crippen LogP contribution in [-0.2, 0) is 9.53 Å². The van der Waals surface area contributed by atoms with E-state index in [-0.39, 0.29) is 5.24 Å². The fraction of sp³-hybridized carbons (Fsp3) is 0.900. The molecule has 0 heterocycles. The van der Waals surface area contributed by atoms with Crippen molar-refractivity contribution >= 4 is 16.8 Å². The van der Waals surface area contributed by atoms with Crippen LogP contribution in [0.3, 0.4) is 0 Å². The fourth-order valence-electron chi connectivity index (χ4n) is 1.06. The lowest BCUT2D eigenvalue weighted by molar-refractivity contribution is -0.112. The van der Waals surface area contributed by atoms with Gasteiger partial charge in [-0.2, -0.15) is 0 Å². The van der Waals surface area contributed by atoms with Crippen LogP contribution in [0.4, 0.5) is 0 Å². The van der Waals surface area contributed by atoms with Crippen LogP contribution in [-0.4, -0.2) is 18.5 Å². The average Bonchev–Trinajstić information content (AvgIpc) is 2.09. The van der Waals surface area contributed by atoms with Crippen LogP contribution in [0.15, 0.2) is 0 Å². The largest absolute Gasteiger partial charge is 0.381 e. The summed E-state index contributed by atoms with van der Waals surface area (Å²) in [6, 6.07) is 0. The number of hydrogen-bond donors (Lipinski definition) is 0. The zero-order valence-corrected chi connectivity index (χ0v) is 9.11. The maximum Gasteiger partial charge on any atom is 0.223 e. The first-order chi connectivity index (χ1) is 6.27. The first-order valence-corrected chi connectivity index (χ1v) is 5.41. The van der Waals surface area contributed by atoms with E-state index in [1.165, 1.54) is 25.7 Å². The van der Waals surface area contributed by atoms with Gasteiger partial charge in [0.1, 0.15) is 0 Å². The second-order valence-electron chi connectivity index (χ2n) is 3.13. The minimum absolute atomic E-state index is 0.314. The lowest BCUT2D eigenvalue weighted by Crippen LogP contribution is -2.00. The molecule has 0 atom stereocenters. The summed E-state index contributed by atoms with van der Waals surface area (Å²) in [6.07, 6.45) is 6.51. The van der Waals surface area contributed by atoms with E-state index in [1.54, 1.807) is 0 Å². The minimum atomic E-state index is -0.314. The Morgan fingerprint density at radius 1 is 1.15 bits per heavy atom. The van der Waals surface area contributed by atoms with Gasteiger partial charge in [0.2, 0.25) is 5.24 Å². The molecule has 0 saturated heterocycles. The molecule has 0 radical (unpaired) electrons. The van der Waals surface area contributed by atoms with Gasteiger partial charge in [0, 0.05) is 13.0 Å². The molecule has 78 valence electrons. The van der Waals surface area contributed by atoms with Crippen LogP contribution in [0.25, 0.3) is 0 Å². The van der Waals surface area contributed by atoms with Gasteiger partial charge < -0.3 is 4.74 Å². The van der Waals surface area contributed by atoms with E-state index >= 15 is 0 Å². The average molecular weight is 207 g/mol. The van der Waals surface area contributed by atoms with Gasteiger partial charge in [-0.05, 0) is 18.0 Å². The molecule has 0 rings (SSSR count). The number of halogens is 1. The topological polar surface area (TPSA) is 26.3 Å². The van der Waals surface area contributed by atoms with Crippen molar-refractivity contribution in [2.45, 2.75) is 45.4 Å². The highest BCUT2D eigenvalue weighted by Gasteiger charge is 1.95. The number of hydrogen-bond acceptors (Lipinski definition) is 2. The highest BCUT2D eigenvalue weighted by atomic mass is 35.5. The molecule has 0 saturated carbocycles. The summed E-state index contributed by atoms with van der Waals surface area (Å²) < 4.78 is 5.22. The van der Waals surface area contributed by atoms with Crippen molar-refractivity contribution in [1.82, 2.24) is 0 Å². The van der Waals surface area contributed by atoms with Gasteiger partial charge in [-0.25, -0.2) is 0 Å². The predicted molar refractivity (Wildman–Crippen MR) is 55.1 cm³/mol. The molecule has 13 heavy (non-hydrogen) atoms. The van der Waals surface area contributed by atoms with Crippen LogP contribution in [0.5, 0.6) is 0 Å². The Kier molecular flexibility index (Phi) is 9.94. The molecule has 0 aliphatic carbocycles. The van der Waals surface area contributed by atoms with Crippen molar-refractivity contribution in [3.8, 4) is 0 Å². The van der Waals surface area contributed by atoms with Crippen molar-refractivity contribution in [3.63, 3.8) is 0 Å². The SMILES string of the molecule is CCCCCCCOCCC(=O)Cl. The lowest BCUT2D eigenvalue weighted by Gasteiger charge is -2.01. The van der Waals surface area contributed by atoms with Gasteiger partial charge in [0.05, 0.1) is 6.61 Å². The van der Waals surface area contributed by atoms with Crippen LogP contribution in [0, 0.1) is 0 Å². The molecule has 2 nitrogen and oxygen atoms in total. The van der Waals surface area contributed by atoms with Crippen LogP contribution in [0.1, 0.15) is 45.4 Å². The molecule has 0 fully saturated rings. The zero-order valence-electron chi connectivity index (χ0n) is 8.35. The molecule has 0 aromatic carbocycles. The molecule has 0 amide bonds.